The highest BCUT2D eigenvalue weighted by atomic mass is 19.3. The third-order valence-corrected chi connectivity index (χ3v) is 1.39. The summed E-state index contributed by atoms with van der Waals surface area (Å²) in [5.74, 6) is -3.56. The molecule has 0 spiro atoms. The zero-order chi connectivity index (χ0) is 9.07. The molecule has 0 fully saturated rings. The first-order valence-corrected chi connectivity index (χ1v) is 3.35. The molecule has 1 radical (unpaired) electrons. The third kappa shape index (κ3) is 3.58. The molecule has 11 heavy (non-hydrogen) atoms. The summed E-state index contributed by atoms with van der Waals surface area (Å²) < 4.78 is 49.0. The molecule has 1 unspecified atom stereocenters. The van der Waals surface area contributed by atoms with Crippen molar-refractivity contribution in [2.75, 3.05) is 0 Å². The van der Waals surface area contributed by atoms with Crippen LogP contribution in [0.4, 0.5) is 17.6 Å². The van der Waals surface area contributed by atoms with Gasteiger partial charge in [-0.1, -0.05) is 6.92 Å². The van der Waals surface area contributed by atoms with Gasteiger partial charge in [-0.2, -0.15) is 0 Å². The molecule has 0 heterocycles. The van der Waals surface area contributed by atoms with Crippen LogP contribution in [0.5, 0.6) is 0 Å². The molecule has 0 aromatic carbocycles. The van der Waals surface area contributed by atoms with Gasteiger partial charge in [0.1, 0.15) is 6.17 Å². The first-order chi connectivity index (χ1) is 4.90. The minimum absolute atomic E-state index is 0.248. The van der Waals surface area contributed by atoms with Gasteiger partial charge in [0.25, 0.3) is 5.92 Å². The zero-order valence-electron chi connectivity index (χ0n) is 6.29. The van der Waals surface area contributed by atoms with Crippen LogP contribution in [0.15, 0.2) is 0 Å². The van der Waals surface area contributed by atoms with Gasteiger partial charge in [0.15, 0.2) is 6.17 Å². The Balaban J connectivity index is 3.90. The fourth-order valence-electron chi connectivity index (χ4n) is 0.560. The van der Waals surface area contributed by atoms with E-state index in [1.165, 1.54) is 0 Å². The molecule has 0 aromatic rings. The highest BCUT2D eigenvalue weighted by molar-refractivity contribution is 4.77. The van der Waals surface area contributed by atoms with Crippen molar-refractivity contribution in [1.29, 1.82) is 0 Å². The van der Waals surface area contributed by atoms with E-state index >= 15 is 0 Å². The second kappa shape index (κ2) is 3.93. The molecule has 67 valence electrons. The van der Waals surface area contributed by atoms with Gasteiger partial charge in [0, 0.05) is 6.42 Å². The van der Waals surface area contributed by atoms with Crippen molar-refractivity contribution >= 4 is 0 Å². The van der Waals surface area contributed by atoms with Crippen LogP contribution < -0.4 is 0 Å². The maximum Gasteiger partial charge on any atom is 0.281 e. The molecule has 0 saturated carbocycles. The van der Waals surface area contributed by atoms with Gasteiger partial charge in [-0.3, -0.25) is 0 Å². The molecule has 0 amide bonds. The Morgan fingerprint density at radius 3 is 2.09 bits per heavy atom. The van der Waals surface area contributed by atoms with Crippen molar-refractivity contribution in [3.05, 3.63) is 6.92 Å². The minimum Gasteiger partial charge on any atom is -0.247 e. The molecular weight excluding hydrogens is 160 g/mol. The average molecular weight is 171 g/mol. The lowest BCUT2D eigenvalue weighted by Crippen LogP contribution is -2.30. The highest BCUT2D eigenvalue weighted by Gasteiger charge is 2.38. The average Bonchev–Trinajstić information content (AvgIpc) is 1.86. The summed E-state index contributed by atoms with van der Waals surface area (Å²) in [5.41, 5.74) is 0. The van der Waals surface area contributed by atoms with Crippen molar-refractivity contribution in [3.8, 4) is 0 Å². The van der Waals surface area contributed by atoms with E-state index in [4.69, 9.17) is 0 Å². The van der Waals surface area contributed by atoms with Crippen molar-refractivity contribution < 1.29 is 17.6 Å². The number of hydrogen-bond donors (Lipinski definition) is 0. The summed E-state index contributed by atoms with van der Waals surface area (Å²) in [7, 11) is 0. The van der Waals surface area contributed by atoms with Gasteiger partial charge >= 0.3 is 0 Å². The van der Waals surface area contributed by atoms with Gasteiger partial charge < -0.3 is 0 Å². The normalized spacial score (nSPS) is 18.0. The van der Waals surface area contributed by atoms with Crippen LogP contribution in [0.2, 0.25) is 0 Å². The largest absolute Gasteiger partial charge is 0.281 e. The van der Waals surface area contributed by atoms with Gasteiger partial charge in [-0.05, 0) is 13.3 Å². The zero-order valence-corrected chi connectivity index (χ0v) is 6.29. The summed E-state index contributed by atoms with van der Waals surface area (Å²) in [6.45, 7) is 3.82. The summed E-state index contributed by atoms with van der Waals surface area (Å²) in [6.07, 6.45) is -5.34. The summed E-state index contributed by atoms with van der Waals surface area (Å²) in [6, 6.07) is 0. The predicted molar refractivity (Wildman–Crippen MR) is 35.0 cm³/mol. The van der Waals surface area contributed by atoms with Crippen molar-refractivity contribution in [2.45, 2.75) is 38.0 Å². The fraction of sp³-hybridized carbons (Fsp3) is 0.857. The molecule has 0 aliphatic heterocycles. The molecule has 0 nitrogen and oxygen atoms in total. The second-order valence-corrected chi connectivity index (χ2v) is 2.47. The molecule has 0 bridgehead atoms. The SMILES string of the molecule is [CH2]CC(F)CC(F)(F)[C@H](C)F. The van der Waals surface area contributed by atoms with E-state index in [0.717, 1.165) is 6.92 Å². The van der Waals surface area contributed by atoms with Crippen molar-refractivity contribution in [2.24, 2.45) is 0 Å². The third-order valence-electron chi connectivity index (χ3n) is 1.39. The molecular formula is C7H11F4. The van der Waals surface area contributed by atoms with Crippen molar-refractivity contribution in [1.82, 2.24) is 0 Å². The molecule has 0 N–H and O–H groups in total. The van der Waals surface area contributed by atoms with Gasteiger partial charge in [0.2, 0.25) is 0 Å². The van der Waals surface area contributed by atoms with E-state index in [9.17, 15) is 17.6 Å². The predicted octanol–water partition coefficient (Wildman–Crippen LogP) is 2.93. The van der Waals surface area contributed by atoms with E-state index < -0.39 is 24.7 Å². The quantitative estimate of drug-likeness (QED) is 0.570. The van der Waals surface area contributed by atoms with Crippen LogP contribution >= 0.6 is 0 Å². The Labute approximate surface area is 63.6 Å². The van der Waals surface area contributed by atoms with Gasteiger partial charge in [-0.25, -0.2) is 17.6 Å². The van der Waals surface area contributed by atoms with Crippen LogP contribution in [-0.4, -0.2) is 18.3 Å². The molecule has 0 rings (SSSR count). The summed E-state index contributed by atoms with van der Waals surface area (Å²) in [5, 5.41) is 0. The Bertz CT molecular complexity index is 111. The number of hydrogen-bond acceptors (Lipinski definition) is 0. The fourth-order valence-corrected chi connectivity index (χ4v) is 0.560. The summed E-state index contributed by atoms with van der Waals surface area (Å²) in [4.78, 5) is 0. The van der Waals surface area contributed by atoms with Gasteiger partial charge in [0.05, 0.1) is 0 Å². The topological polar surface area (TPSA) is 0 Å². The Kier molecular flexibility index (Phi) is 3.83. The maximum absolute atomic E-state index is 12.3. The molecule has 2 atom stereocenters. The Morgan fingerprint density at radius 2 is 1.82 bits per heavy atom. The highest BCUT2D eigenvalue weighted by Crippen LogP contribution is 2.28. The lowest BCUT2D eigenvalue weighted by atomic mass is 10.1. The standard InChI is InChI=1S/C7H11F4/c1-3-6(9)4-7(10,11)5(2)8/h5-6H,1,3-4H2,2H3/t5-,6?/m0/s1. The van der Waals surface area contributed by atoms with Crippen LogP contribution in [0, 0.1) is 6.92 Å². The van der Waals surface area contributed by atoms with Crippen LogP contribution in [-0.2, 0) is 0 Å². The first kappa shape index (κ1) is 10.7. The first-order valence-electron chi connectivity index (χ1n) is 3.35. The van der Waals surface area contributed by atoms with Crippen LogP contribution in [0.25, 0.3) is 0 Å². The molecule has 0 aliphatic rings. The molecule has 0 aromatic heterocycles. The smallest absolute Gasteiger partial charge is 0.247 e. The van der Waals surface area contributed by atoms with E-state index in [-0.39, 0.29) is 6.42 Å². The van der Waals surface area contributed by atoms with Crippen LogP contribution in [0.1, 0.15) is 19.8 Å². The Morgan fingerprint density at radius 1 is 1.36 bits per heavy atom. The minimum atomic E-state index is -3.56. The Hall–Kier alpha value is -0.280. The van der Waals surface area contributed by atoms with E-state index in [1.807, 2.05) is 0 Å². The number of halogens is 4. The van der Waals surface area contributed by atoms with E-state index in [2.05, 4.69) is 6.92 Å². The number of rotatable bonds is 4. The molecule has 0 saturated heterocycles. The van der Waals surface area contributed by atoms with Crippen molar-refractivity contribution in [3.63, 3.8) is 0 Å². The summed E-state index contributed by atoms with van der Waals surface area (Å²) >= 11 is 0. The monoisotopic (exact) mass is 171 g/mol. The molecule has 4 heteroatoms. The lowest BCUT2D eigenvalue weighted by Gasteiger charge is -2.18. The van der Waals surface area contributed by atoms with E-state index in [1.54, 1.807) is 0 Å². The lowest BCUT2D eigenvalue weighted by molar-refractivity contribution is -0.0849. The molecule has 0 aliphatic carbocycles. The second-order valence-electron chi connectivity index (χ2n) is 2.47. The van der Waals surface area contributed by atoms with Gasteiger partial charge in [-0.15, -0.1) is 0 Å². The maximum atomic E-state index is 12.3. The van der Waals surface area contributed by atoms with Crippen LogP contribution in [0.3, 0.4) is 0 Å². The number of alkyl halides is 4. The van der Waals surface area contributed by atoms with E-state index in [0.29, 0.717) is 0 Å².